The molecule has 0 radical (unpaired) electrons. The summed E-state index contributed by atoms with van der Waals surface area (Å²) in [5.74, 6) is -0.282. The molecule has 1 unspecified atom stereocenters. The third-order valence-corrected chi connectivity index (χ3v) is 2.81. The van der Waals surface area contributed by atoms with Crippen molar-refractivity contribution >= 4 is 11.8 Å². The van der Waals surface area contributed by atoms with Crippen molar-refractivity contribution in [2.75, 3.05) is 6.54 Å². The van der Waals surface area contributed by atoms with Gasteiger partial charge < -0.3 is 10.6 Å². The number of amides is 2. The highest BCUT2D eigenvalue weighted by Gasteiger charge is 2.29. The molecule has 0 saturated carbocycles. The minimum atomic E-state index is -0.369. The topological polar surface area (TPSA) is 58.2 Å². The van der Waals surface area contributed by atoms with Crippen LogP contribution in [0.15, 0.2) is 18.2 Å². The van der Waals surface area contributed by atoms with E-state index in [4.69, 9.17) is 0 Å². The van der Waals surface area contributed by atoms with Gasteiger partial charge in [0.1, 0.15) is 6.04 Å². The number of hydrogen-bond acceptors (Lipinski definition) is 2. The third kappa shape index (κ3) is 1.78. The Hall–Kier alpha value is -1.84. The number of aryl methyl sites for hydroxylation is 2. The van der Waals surface area contributed by atoms with Crippen LogP contribution in [0.4, 0.5) is 0 Å². The van der Waals surface area contributed by atoms with Gasteiger partial charge in [-0.25, -0.2) is 0 Å². The van der Waals surface area contributed by atoms with Crippen LogP contribution >= 0.6 is 0 Å². The van der Waals surface area contributed by atoms with Crippen molar-refractivity contribution in [2.45, 2.75) is 19.9 Å². The van der Waals surface area contributed by atoms with E-state index in [-0.39, 0.29) is 17.9 Å². The van der Waals surface area contributed by atoms with Crippen LogP contribution in [0.3, 0.4) is 0 Å². The molecule has 16 heavy (non-hydrogen) atoms. The van der Waals surface area contributed by atoms with Gasteiger partial charge in [0.25, 0.3) is 5.91 Å². The van der Waals surface area contributed by atoms with Crippen LogP contribution in [0.25, 0.3) is 0 Å². The first-order chi connectivity index (χ1) is 7.59. The highest BCUT2D eigenvalue weighted by molar-refractivity contribution is 6.01. The van der Waals surface area contributed by atoms with Crippen LogP contribution in [0, 0.1) is 13.8 Å². The fourth-order valence-electron chi connectivity index (χ4n) is 1.81. The van der Waals surface area contributed by atoms with Gasteiger partial charge in [-0.2, -0.15) is 0 Å². The second kappa shape index (κ2) is 3.96. The van der Waals surface area contributed by atoms with Gasteiger partial charge in [0.15, 0.2) is 0 Å². The van der Waals surface area contributed by atoms with Gasteiger partial charge in [-0.05, 0) is 25.0 Å². The molecule has 4 heteroatoms. The predicted octanol–water partition coefficient (Wildman–Crippen LogP) is 0.532. The Bertz CT molecular complexity index is 434. The molecular formula is C12H14N2O2. The molecule has 1 heterocycles. The molecule has 1 aliphatic heterocycles. The lowest BCUT2D eigenvalue weighted by Crippen LogP contribution is -2.61. The van der Waals surface area contributed by atoms with Crippen molar-refractivity contribution in [3.8, 4) is 0 Å². The average Bonchev–Trinajstić information content (AvgIpc) is 2.23. The van der Waals surface area contributed by atoms with E-state index in [0.29, 0.717) is 12.1 Å². The Balaban J connectivity index is 2.17. The van der Waals surface area contributed by atoms with Gasteiger partial charge in [0.2, 0.25) is 5.91 Å². The minimum absolute atomic E-state index is 0.111. The van der Waals surface area contributed by atoms with Crippen LogP contribution in [0.1, 0.15) is 21.5 Å². The van der Waals surface area contributed by atoms with Crippen LogP contribution in [-0.2, 0) is 4.79 Å². The summed E-state index contributed by atoms with van der Waals surface area (Å²) >= 11 is 0. The second-order valence-electron chi connectivity index (χ2n) is 4.04. The molecule has 0 bridgehead atoms. The zero-order valence-electron chi connectivity index (χ0n) is 9.33. The average molecular weight is 218 g/mol. The van der Waals surface area contributed by atoms with Crippen LogP contribution < -0.4 is 10.6 Å². The summed E-state index contributed by atoms with van der Waals surface area (Å²) in [6.45, 7) is 4.31. The number of hydrogen-bond donors (Lipinski definition) is 2. The molecule has 1 aliphatic rings. The first-order valence-electron chi connectivity index (χ1n) is 5.24. The summed E-state index contributed by atoms with van der Waals surface area (Å²) in [7, 11) is 0. The quantitative estimate of drug-likeness (QED) is 0.711. The zero-order valence-corrected chi connectivity index (χ0v) is 9.33. The summed E-state index contributed by atoms with van der Waals surface area (Å²) in [5.41, 5.74) is 2.52. The van der Waals surface area contributed by atoms with Crippen LogP contribution in [-0.4, -0.2) is 24.4 Å². The van der Waals surface area contributed by atoms with Gasteiger partial charge in [0, 0.05) is 12.1 Å². The van der Waals surface area contributed by atoms with Crippen molar-refractivity contribution < 1.29 is 9.59 Å². The maximum absolute atomic E-state index is 11.9. The Labute approximate surface area is 94.0 Å². The lowest BCUT2D eigenvalue weighted by atomic mass is 10.0. The fourth-order valence-corrected chi connectivity index (χ4v) is 1.81. The summed E-state index contributed by atoms with van der Waals surface area (Å²) in [6.07, 6.45) is 0. The molecule has 0 aromatic heterocycles. The fraction of sp³-hybridized carbons (Fsp3) is 0.333. The molecule has 2 rings (SSSR count). The number of rotatable bonds is 2. The number of nitrogens with one attached hydrogen (secondary N) is 2. The van der Waals surface area contributed by atoms with E-state index < -0.39 is 0 Å². The molecule has 2 amide bonds. The van der Waals surface area contributed by atoms with E-state index in [1.807, 2.05) is 32.0 Å². The monoisotopic (exact) mass is 218 g/mol. The van der Waals surface area contributed by atoms with Crippen LogP contribution in [0.5, 0.6) is 0 Å². The minimum Gasteiger partial charge on any atom is -0.352 e. The molecule has 4 nitrogen and oxygen atoms in total. The number of carbonyl (C=O) groups excluding carboxylic acids is 2. The molecule has 1 aromatic rings. The van der Waals surface area contributed by atoms with Crippen molar-refractivity contribution in [3.63, 3.8) is 0 Å². The van der Waals surface area contributed by atoms with Crippen LogP contribution in [0.2, 0.25) is 0 Å². The molecule has 1 saturated heterocycles. The highest BCUT2D eigenvalue weighted by Crippen LogP contribution is 2.13. The van der Waals surface area contributed by atoms with E-state index in [9.17, 15) is 9.59 Å². The summed E-state index contributed by atoms with van der Waals surface area (Å²) in [5, 5.41) is 5.30. The lowest BCUT2D eigenvalue weighted by Gasteiger charge is -2.27. The molecule has 0 spiro atoms. The number of benzene rings is 1. The lowest BCUT2D eigenvalue weighted by molar-refractivity contribution is -0.128. The highest BCUT2D eigenvalue weighted by atomic mass is 16.2. The van der Waals surface area contributed by atoms with Crippen molar-refractivity contribution in [2.24, 2.45) is 0 Å². The zero-order chi connectivity index (χ0) is 11.7. The summed E-state index contributed by atoms with van der Waals surface area (Å²) in [6, 6.07) is 5.33. The Morgan fingerprint density at radius 3 is 2.44 bits per heavy atom. The Morgan fingerprint density at radius 2 is 2.00 bits per heavy atom. The third-order valence-electron chi connectivity index (χ3n) is 2.81. The van der Waals surface area contributed by atoms with E-state index in [0.717, 1.165) is 11.1 Å². The second-order valence-corrected chi connectivity index (χ2v) is 4.04. The van der Waals surface area contributed by atoms with E-state index in [2.05, 4.69) is 10.6 Å². The summed E-state index contributed by atoms with van der Waals surface area (Å²) in [4.78, 5) is 23.0. The van der Waals surface area contributed by atoms with Gasteiger partial charge in [-0.3, -0.25) is 9.59 Å². The normalized spacial score (nSPS) is 18.6. The molecule has 84 valence electrons. The van der Waals surface area contributed by atoms with Crippen molar-refractivity contribution in [1.29, 1.82) is 0 Å². The van der Waals surface area contributed by atoms with Gasteiger partial charge in [0.05, 0.1) is 0 Å². The molecule has 1 fully saturated rings. The van der Waals surface area contributed by atoms with Gasteiger partial charge >= 0.3 is 0 Å². The number of β-lactam (4-membered cyclic amide) rings is 1. The number of carbonyl (C=O) groups is 2. The maximum atomic E-state index is 11.9. The van der Waals surface area contributed by atoms with Gasteiger partial charge in [-0.15, -0.1) is 0 Å². The SMILES string of the molecule is Cc1cccc(C)c1C(=O)NC1CNC1=O. The molecule has 1 atom stereocenters. The van der Waals surface area contributed by atoms with Crippen molar-refractivity contribution in [3.05, 3.63) is 34.9 Å². The molecular weight excluding hydrogens is 204 g/mol. The molecule has 1 aromatic carbocycles. The molecule has 2 N–H and O–H groups in total. The standard InChI is InChI=1S/C12H14N2O2/c1-7-4-3-5-8(2)10(7)12(16)14-9-6-13-11(9)15/h3-5,9H,6H2,1-2H3,(H,13,15)(H,14,16). The van der Waals surface area contributed by atoms with E-state index >= 15 is 0 Å². The predicted molar refractivity (Wildman–Crippen MR) is 60.2 cm³/mol. The van der Waals surface area contributed by atoms with Crippen molar-refractivity contribution in [1.82, 2.24) is 10.6 Å². The first-order valence-corrected chi connectivity index (χ1v) is 5.24. The van der Waals surface area contributed by atoms with E-state index in [1.54, 1.807) is 0 Å². The Kier molecular flexibility index (Phi) is 2.64. The largest absolute Gasteiger partial charge is 0.352 e. The smallest absolute Gasteiger partial charge is 0.252 e. The van der Waals surface area contributed by atoms with E-state index in [1.165, 1.54) is 0 Å². The Morgan fingerprint density at radius 1 is 1.38 bits per heavy atom. The first kappa shape index (κ1) is 10.7. The molecule has 0 aliphatic carbocycles. The summed E-state index contributed by atoms with van der Waals surface area (Å²) < 4.78 is 0. The maximum Gasteiger partial charge on any atom is 0.252 e. The van der Waals surface area contributed by atoms with Gasteiger partial charge in [-0.1, -0.05) is 18.2 Å².